The number of carbonyl (C=O) groups is 2. The second-order valence-corrected chi connectivity index (χ2v) is 11.3. The van der Waals surface area contributed by atoms with E-state index in [2.05, 4.69) is 72.9 Å². The minimum atomic E-state index is -0.893. The van der Waals surface area contributed by atoms with Crippen molar-refractivity contribution < 1.29 is 19.1 Å². The van der Waals surface area contributed by atoms with Gasteiger partial charge in [-0.15, -0.1) is 0 Å². The third-order valence-electron chi connectivity index (χ3n) is 7.05. The number of ether oxygens (including phenoxy) is 2. The lowest BCUT2D eigenvalue weighted by Gasteiger charge is -2.23. The summed E-state index contributed by atoms with van der Waals surface area (Å²) in [7, 11) is 0. The van der Waals surface area contributed by atoms with E-state index in [9.17, 15) is 9.59 Å². The highest BCUT2D eigenvalue weighted by molar-refractivity contribution is 6.07. The number of hydrogen-bond donors (Lipinski definition) is 1. The Morgan fingerprint density at radius 2 is 1.44 bits per heavy atom. The number of nitrogens with one attached hydrogen (secondary N) is 1. The van der Waals surface area contributed by atoms with E-state index in [1.807, 2.05) is 42.5 Å². The first-order valence-corrected chi connectivity index (χ1v) is 13.9. The van der Waals surface area contributed by atoms with Gasteiger partial charge in [0.15, 0.2) is 0 Å². The van der Waals surface area contributed by atoms with Gasteiger partial charge in [-0.3, -0.25) is 0 Å². The first-order valence-electron chi connectivity index (χ1n) is 13.9. The van der Waals surface area contributed by atoms with Gasteiger partial charge in [-0.05, 0) is 77.1 Å². The summed E-state index contributed by atoms with van der Waals surface area (Å²) in [4.78, 5) is 25.9. The fraction of sp³-hybridized carbons (Fsp3) is 0.222. The number of fused-ring (bicyclic) bond motifs is 2. The molecule has 1 unspecified atom stereocenters. The van der Waals surface area contributed by atoms with Crippen LogP contribution in [0.25, 0.3) is 32.7 Å². The summed E-state index contributed by atoms with van der Waals surface area (Å²) >= 11 is 0. The highest BCUT2D eigenvalue weighted by atomic mass is 16.6. The van der Waals surface area contributed by atoms with Crippen LogP contribution in [0, 0.1) is 6.92 Å². The zero-order chi connectivity index (χ0) is 29.0. The molecule has 5 aromatic rings. The highest BCUT2D eigenvalue weighted by Gasteiger charge is 2.26. The fourth-order valence-corrected chi connectivity index (χ4v) is 5.20. The van der Waals surface area contributed by atoms with Crippen molar-refractivity contribution in [3.05, 3.63) is 120 Å². The lowest BCUT2D eigenvalue weighted by atomic mass is 9.90. The summed E-state index contributed by atoms with van der Waals surface area (Å²) < 4.78 is 11.3. The Labute approximate surface area is 241 Å². The average molecular weight is 546 g/mol. The maximum atomic E-state index is 13.4. The Morgan fingerprint density at radius 1 is 0.756 bits per heavy atom. The van der Waals surface area contributed by atoms with Gasteiger partial charge in [0.05, 0.1) is 0 Å². The summed E-state index contributed by atoms with van der Waals surface area (Å²) in [6.45, 7) is 7.54. The first kappa shape index (κ1) is 27.9. The molecule has 5 rings (SSSR count). The molecule has 5 nitrogen and oxygen atoms in total. The third-order valence-corrected chi connectivity index (χ3v) is 7.05. The van der Waals surface area contributed by atoms with Gasteiger partial charge in [0.25, 0.3) is 0 Å². The van der Waals surface area contributed by atoms with Crippen LogP contribution in [-0.4, -0.2) is 23.7 Å². The molecule has 0 aliphatic rings. The van der Waals surface area contributed by atoms with Gasteiger partial charge in [-0.25, -0.2) is 9.59 Å². The summed E-state index contributed by atoms with van der Waals surface area (Å²) in [6.07, 6.45) is -0.366. The molecule has 0 fully saturated rings. The fourth-order valence-electron chi connectivity index (χ4n) is 5.20. The SMILES string of the molecule is Cc1cccc2c(COC(=O)C(Cc3ccccc3)NC(=O)OC(C)(C)C)ccc(-c3cccc4ccccc34)c12. The zero-order valence-electron chi connectivity index (χ0n) is 23.9. The van der Waals surface area contributed by atoms with Crippen molar-refractivity contribution in [3.63, 3.8) is 0 Å². The molecule has 0 aliphatic carbocycles. The predicted molar refractivity (Wildman–Crippen MR) is 165 cm³/mol. The Balaban J connectivity index is 1.43. The summed E-state index contributed by atoms with van der Waals surface area (Å²) in [5.41, 5.74) is 4.57. The van der Waals surface area contributed by atoms with E-state index in [1.54, 1.807) is 20.8 Å². The molecule has 5 aromatic carbocycles. The van der Waals surface area contributed by atoms with Crippen molar-refractivity contribution in [2.75, 3.05) is 0 Å². The van der Waals surface area contributed by atoms with E-state index in [4.69, 9.17) is 9.47 Å². The standard InChI is InChI=1S/C36H35NO4/c1-24-12-10-18-29-27(20-21-31(33(24)29)30-19-11-16-26-15-8-9-17-28(26)30)23-40-34(38)32(22-25-13-6-5-7-14-25)37-35(39)41-36(2,3)4/h5-21,32H,22-23H2,1-4H3,(H,37,39). The van der Waals surface area contributed by atoms with Crippen LogP contribution in [0.1, 0.15) is 37.5 Å². The Bertz CT molecular complexity index is 1700. The normalized spacial score (nSPS) is 12.2. The summed E-state index contributed by atoms with van der Waals surface area (Å²) in [5.74, 6) is -0.515. The number of hydrogen-bond acceptors (Lipinski definition) is 4. The van der Waals surface area contributed by atoms with Gasteiger partial charge >= 0.3 is 12.1 Å². The second kappa shape index (κ2) is 11.8. The van der Waals surface area contributed by atoms with Gasteiger partial charge in [0.2, 0.25) is 0 Å². The number of amides is 1. The molecule has 0 bridgehead atoms. The number of carbonyl (C=O) groups excluding carboxylic acids is 2. The maximum absolute atomic E-state index is 13.4. The zero-order valence-corrected chi connectivity index (χ0v) is 23.9. The van der Waals surface area contributed by atoms with Crippen LogP contribution < -0.4 is 5.32 Å². The van der Waals surface area contributed by atoms with E-state index in [1.165, 1.54) is 10.8 Å². The molecule has 0 heterocycles. The van der Waals surface area contributed by atoms with Crippen molar-refractivity contribution in [1.82, 2.24) is 5.32 Å². The second-order valence-electron chi connectivity index (χ2n) is 11.3. The summed E-state index contributed by atoms with van der Waals surface area (Å²) in [6, 6.07) is 33.7. The van der Waals surface area contributed by atoms with Crippen molar-refractivity contribution >= 4 is 33.6 Å². The van der Waals surface area contributed by atoms with Crippen molar-refractivity contribution in [2.45, 2.75) is 52.4 Å². The lowest BCUT2D eigenvalue weighted by molar-refractivity contribution is -0.147. The number of alkyl carbamates (subject to hydrolysis) is 1. The minimum absolute atomic E-state index is 0.0793. The molecule has 0 saturated carbocycles. The van der Waals surface area contributed by atoms with Crippen LogP contribution in [0.4, 0.5) is 4.79 Å². The van der Waals surface area contributed by atoms with Crippen molar-refractivity contribution in [3.8, 4) is 11.1 Å². The van der Waals surface area contributed by atoms with Crippen LogP contribution in [0.2, 0.25) is 0 Å². The minimum Gasteiger partial charge on any atom is -0.459 e. The quantitative estimate of drug-likeness (QED) is 0.210. The largest absolute Gasteiger partial charge is 0.459 e. The van der Waals surface area contributed by atoms with Gasteiger partial charge < -0.3 is 14.8 Å². The Kier molecular flexibility index (Phi) is 8.06. The number of aryl methyl sites for hydroxylation is 1. The molecule has 1 atom stereocenters. The number of benzene rings is 5. The molecule has 41 heavy (non-hydrogen) atoms. The summed E-state index contributed by atoms with van der Waals surface area (Å²) in [5, 5.41) is 7.25. The number of rotatable bonds is 7. The van der Waals surface area contributed by atoms with E-state index in [0.717, 1.165) is 38.6 Å². The lowest BCUT2D eigenvalue weighted by Crippen LogP contribution is -2.45. The first-order chi connectivity index (χ1) is 19.7. The van der Waals surface area contributed by atoms with E-state index in [-0.39, 0.29) is 6.61 Å². The van der Waals surface area contributed by atoms with Crippen molar-refractivity contribution in [1.29, 1.82) is 0 Å². The van der Waals surface area contributed by atoms with Crippen LogP contribution in [0.5, 0.6) is 0 Å². The molecule has 1 N–H and O–H groups in total. The van der Waals surface area contributed by atoms with Crippen LogP contribution >= 0.6 is 0 Å². The average Bonchev–Trinajstić information content (AvgIpc) is 2.95. The highest BCUT2D eigenvalue weighted by Crippen LogP contribution is 2.37. The van der Waals surface area contributed by atoms with E-state index in [0.29, 0.717) is 6.42 Å². The Morgan fingerprint density at radius 3 is 2.22 bits per heavy atom. The maximum Gasteiger partial charge on any atom is 0.408 e. The smallest absolute Gasteiger partial charge is 0.408 e. The molecule has 1 amide bonds. The molecule has 0 aliphatic heterocycles. The molecule has 0 aromatic heterocycles. The molecule has 0 spiro atoms. The molecular weight excluding hydrogens is 510 g/mol. The van der Waals surface area contributed by atoms with E-state index >= 15 is 0 Å². The Hall–Kier alpha value is -4.64. The van der Waals surface area contributed by atoms with Gasteiger partial charge in [-0.2, -0.15) is 0 Å². The molecular formula is C36H35NO4. The van der Waals surface area contributed by atoms with Gasteiger partial charge in [-0.1, -0.05) is 103 Å². The van der Waals surface area contributed by atoms with Crippen LogP contribution in [0.3, 0.4) is 0 Å². The number of esters is 1. The molecule has 5 heteroatoms. The van der Waals surface area contributed by atoms with Crippen LogP contribution in [-0.2, 0) is 27.3 Å². The third kappa shape index (κ3) is 6.58. The molecule has 208 valence electrons. The van der Waals surface area contributed by atoms with Crippen LogP contribution in [0.15, 0.2) is 103 Å². The monoisotopic (exact) mass is 545 g/mol. The van der Waals surface area contributed by atoms with Gasteiger partial charge in [0, 0.05) is 6.42 Å². The van der Waals surface area contributed by atoms with Crippen molar-refractivity contribution in [2.24, 2.45) is 0 Å². The molecule has 0 saturated heterocycles. The topological polar surface area (TPSA) is 64.6 Å². The molecule has 0 radical (unpaired) electrons. The predicted octanol–water partition coefficient (Wildman–Crippen LogP) is 8.15. The van der Waals surface area contributed by atoms with E-state index < -0.39 is 23.7 Å². The van der Waals surface area contributed by atoms with Gasteiger partial charge in [0.1, 0.15) is 18.2 Å².